The molecule has 0 aliphatic heterocycles. The van der Waals surface area contributed by atoms with E-state index in [4.69, 9.17) is 5.41 Å². The third-order valence-corrected chi connectivity index (χ3v) is 5.78. The number of nitrogens with one attached hydrogen (secondary N) is 3. The normalized spacial score (nSPS) is 11.6. The van der Waals surface area contributed by atoms with Crippen molar-refractivity contribution in [2.24, 2.45) is 0 Å². The molecule has 5 nitrogen and oxygen atoms in total. The molecule has 0 spiro atoms. The Bertz CT molecular complexity index is 1410. The van der Waals surface area contributed by atoms with Gasteiger partial charge in [-0.1, -0.05) is 12.1 Å². The minimum absolute atomic E-state index is 0.0486. The van der Waals surface area contributed by atoms with E-state index in [0.717, 1.165) is 24.2 Å². The Balaban J connectivity index is 1.71. The lowest BCUT2D eigenvalue weighted by Gasteiger charge is -2.11. The summed E-state index contributed by atoms with van der Waals surface area (Å²) in [6.07, 6.45) is 5.77. The van der Waals surface area contributed by atoms with Gasteiger partial charge in [0.05, 0.1) is 11.3 Å². The molecule has 2 aromatic carbocycles. The first-order chi connectivity index (χ1) is 15.9. The topological polar surface area (TPSA) is 81.6 Å². The molecule has 166 valence electrons. The van der Waals surface area contributed by atoms with Crippen molar-refractivity contribution in [1.29, 1.82) is 5.41 Å². The lowest BCUT2D eigenvalue weighted by Crippen LogP contribution is -2.09. The second kappa shape index (κ2) is 9.33. The van der Waals surface area contributed by atoms with Crippen LogP contribution in [0.15, 0.2) is 65.8 Å². The Morgan fingerprint density at radius 3 is 2.73 bits per heavy atom. The summed E-state index contributed by atoms with van der Waals surface area (Å²) in [5, 5.41) is 7.89. The van der Waals surface area contributed by atoms with Crippen molar-refractivity contribution in [2.45, 2.75) is 11.8 Å². The molecular formula is C24H17F3N4OS. The second-order valence-electron chi connectivity index (χ2n) is 6.99. The largest absolute Gasteiger partial charge is 0.345 e. The zero-order chi connectivity index (χ0) is 23.5. The molecule has 0 aliphatic carbocycles. The molecule has 0 aliphatic rings. The lowest BCUT2D eigenvalue weighted by molar-refractivity contribution is 0.103. The van der Waals surface area contributed by atoms with Gasteiger partial charge in [-0.3, -0.25) is 4.79 Å². The number of carbonyl (C=O) groups is 1. The van der Waals surface area contributed by atoms with Crippen molar-refractivity contribution >= 4 is 46.2 Å². The molecule has 0 bridgehead atoms. The number of hydrogen-bond donors (Lipinski definition) is 3. The van der Waals surface area contributed by atoms with E-state index < -0.39 is 28.8 Å². The molecule has 4 aromatic rings. The Kier molecular flexibility index (Phi) is 6.32. The summed E-state index contributed by atoms with van der Waals surface area (Å²) in [4.78, 5) is 20.7. The van der Waals surface area contributed by atoms with Crippen LogP contribution in [0.5, 0.6) is 0 Å². The van der Waals surface area contributed by atoms with Gasteiger partial charge in [0.15, 0.2) is 5.82 Å². The van der Waals surface area contributed by atoms with Gasteiger partial charge in [0, 0.05) is 40.0 Å². The molecule has 9 heteroatoms. The number of carbonyl (C=O) groups excluding carboxylic acids is 1. The summed E-state index contributed by atoms with van der Waals surface area (Å²) >= 11 is 0.931. The Morgan fingerprint density at radius 2 is 2.00 bits per heavy atom. The van der Waals surface area contributed by atoms with Gasteiger partial charge in [-0.15, -0.1) is 0 Å². The summed E-state index contributed by atoms with van der Waals surface area (Å²) in [5.41, 5.74) is 0.766. The van der Waals surface area contributed by atoms with Crippen molar-refractivity contribution in [1.82, 2.24) is 9.97 Å². The summed E-state index contributed by atoms with van der Waals surface area (Å²) in [7, 11) is 0. The number of aromatic amines is 1. The highest BCUT2D eigenvalue weighted by atomic mass is 32.2. The van der Waals surface area contributed by atoms with Crippen LogP contribution < -0.4 is 4.72 Å². The first-order valence-electron chi connectivity index (χ1n) is 9.78. The fourth-order valence-electron chi connectivity index (χ4n) is 3.30. The van der Waals surface area contributed by atoms with E-state index in [1.54, 1.807) is 31.3 Å². The van der Waals surface area contributed by atoms with Crippen molar-refractivity contribution in [3.63, 3.8) is 0 Å². The van der Waals surface area contributed by atoms with Crippen LogP contribution in [0.25, 0.3) is 16.6 Å². The Labute approximate surface area is 191 Å². The first-order valence-corrected chi connectivity index (χ1v) is 10.6. The van der Waals surface area contributed by atoms with Crippen molar-refractivity contribution in [3.8, 4) is 0 Å². The number of nitrogens with zero attached hydrogens (tertiary/aromatic N) is 1. The third kappa shape index (κ3) is 4.40. The van der Waals surface area contributed by atoms with Gasteiger partial charge in [-0.2, -0.15) is 0 Å². The summed E-state index contributed by atoms with van der Waals surface area (Å²) < 4.78 is 45.9. The quantitative estimate of drug-likeness (QED) is 0.168. The average molecular weight is 466 g/mol. The smallest absolute Gasteiger partial charge is 0.201 e. The lowest BCUT2D eigenvalue weighted by atomic mass is 10.00. The van der Waals surface area contributed by atoms with E-state index in [1.165, 1.54) is 30.5 Å². The molecule has 0 fully saturated rings. The maximum Gasteiger partial charge on any atom is 0.201 e. The molecule has 0 amide bonds. The van der Waals surface area contributed by atoms with Gasteiger partial charge in [-0.25, -0.2) is 18.2 Å². The number of fused-ring (bicyclic) bond motifs is 1. The molecule has 33 heavy (non-hydrogen) atoms. The van der Waals surface area contributed by atoms with Crippen LogP contribution >= 0.6 is 11.9 Å². The van der Waals surface area contributed by atoms with Gasteiger partial charge < -0.3 is 15.1 Å². The number of anilines is 1. The molecular weight excluding hydrogens is 449 g/mol. The molecule has 2 aromatic heterocycles. The monoisotopic (exact) mass is 466 g/mol. The van der Waals surface area contributed by atoms with Gasteiger partial charge >= 0.3 is 0 Å². The number of aromatic nitrogens is 2. The fourth-order valence-corrected chi connectivity index (χ4v) is 4.00. The standard InChI is InChI=1S/C24H17F3N4OS/c1-2-13(10-28)14-8-17-18(12-30-24(17)29-11-14)23(32)21-19(26)6-7-20(22(21)27)31-33-16-5-3-4-15(25)9-16/h2-12,28,31H,1H3,(H,29,30)/b13-2+,28-10?. The highest BCUT2D eigenvalue weighted by molar-refractivity contribution is 8.00. The molecule has 2 heterocycles. The fraction of sp³-hybridized carbons (Fsp3) is 0.0417. The first kappa shape index (κ1) is 22.3. The van der Waals surface area contributed by atoms with Crippen LogP contribution in [-0.2, 0) is 0 Å². The number of benzene rings is 2. The number of allylic oxidation sites excluding steroid dienone is 2. The van der Waals surface area contributed by atoms with E-state index in [1.807, 2.05) is 0 Å². The number of H-pyrrole nitrogens is 1. The molecule has 3 N–H and O–H groups in total. The molecule has 0 radical (unpaired) electrons. The molecule has 0 saturated heterocycles. The zero-order valence-electron chi connectivity index (χ0n) is 17.2. The highest BCUT2D eigenvalue weighted by Crippen LogP contribution is 2.30. The number of rotatable bonds is 7. The maximum atomic E-state index is 15.2. The number of hydrogen-bond acceptors (Lipinski definition) is 5. The van der Waals surface area contributed by atoms with Crippen LogP contribution in [0.1, 0.15) is 28.4 Å². The highest BCUT2D eigenvalue weighted by Gasteiger charge is 2.24. The molecule has 0 atom stereocenters. The Hall–Kier alpha value is -3.85. The maximum absolute atomic E-state index is 15.2. The van der Waals surface area contributed by atoms with Crippen LogP contribution in [0.3, 0.4) is 0 Å². The molecule has 0 unspecified atom stereocenters. The van der Waals surface area contributed by atoms with Crippen LogP contribution in [-0.4, -0.2) is 22.0 Å². The summed E-state index contributed by atoms with van der Waals surface area (Å²) in [6, 6.07) is 9.48. The summed E-state index contributed by atoms with van der Waals surface area (Å²) in [6.45, 7) is 1.76. The van der Waals surface area contributed by atoms with E-state index in [0.29, 0.717) is 27.1 Å². The Morgan fingerprint density at radius 1 is 1.18 bits per heavy atom. The number of halogens is 3. The third-order valence-electron chi connectivity index (χ3n) is 4.97. The number of pyridine rings is 1. The zero-order valence-corrected chi connectivity index (χ0v) is 18.1. The predicted octanol–water partition coefficient (Wildman–Crippen LogP) is 6.38. The van der Waals surface area contributed by atoms with E-state index in [9.17, 15) is 13.6 Å². The minimum atomic E-state index is -1.06. The van der Waals surface area contributed by atoms with Crippen LogP contribution in [0, 0.1) is 22.9 Å². The van der Waals surface area contributed by atoms with Gasteiger partial charge in [0.2, 0.25) is 5.78 Å². The second-order valence-corrected chi connectivity index (χ2v) is 7.87. The van der Waals surface area contributed by atoms with Crippen LogP contribution in [0.2, 0.25) is 0 Å². The van der Waals surface area contributed by atoms with Crippen molar-refractivity contribution in [2.75, 3.05) is 4.72 Å². The van der Waals surface area contributed by atoms with Crippen molar-refractivity contribution < 1.29 is 18.0 Å². The minimum Gasteiger partial charge on any atom is -0.345 e. The summed E-state index contributed by atoms with van der Waals surface area (Å²) in [5.74, 6) is -3.37. The van der Waals surface area contributed by atoms with Crippen molar-refractivity contribution in [3.05, 3.63) is 95.1 Å². The average Bonchev–Trinajstić information content (AvgIpc) is 3.23. The molecule has 0 saturated carbocycles. The van der Waals surface area contributed by atoms with E-state index >= 15 is 4.39 Å². The van der Waals surface area contributed by atoms with Gasteiger partial charge in [0.1, 0.15) is 17.3 Å². The van der Waals surface area contributed by atoms with Gasteiger partial charge in [-0.05, 0) is 60.8 Å². The van der Waals surface area contributed by atoms with E-state index in [2.05, 4.69) is 14.7 Å². The van der Waals surface area contributed by atoms with E-state index in [-0.39, 0.29) is 11.3 Å². The molecule has 4 rings (SSSR count). The predicted molar refractivity (Wildman–Crippen MR) is 124 cm³/mol. The SMILES string of the molecule is C/C=C(\C=N)c1cnc2[nH]cc(C(=O)c3c(F)ccc(NSc4cccc(F)c4)c3F)c2c1. The van der Waals surface area contributed by atoms with Gasteiger partial charge in [0.25, 0.3) is 0 Å². The number of ketones is 1. The van der Waals surface area contributed by atoms with Crippen LogP contribution in [0.4, 0.5) is 18.9 Å².